The fraction of sp³-hybridized carbons (Fsp3) is 0.533. The van der Waals surface area contributed by atoms with Crippen LogP contribution in [0.4, 0.5) is 0 Å². The smallest absolute Gasteiger partial charge is 0.190 e. The van der Waals surface area contributed by atoms with E-state index in [2.05, 4.69) is 15.6 Å². The SMILES string of the molecule is CCOCCCNC(=NC)NCCc1ccccc1Cl.I. The summed E-state index contributed by atoms with van der Waals surface area (Å²) in [7, 11) is 1.77. The van der Waals surface area contributed by atoms with E-state index in [1.165, 1.54) is 0 Å². The van der Waals surface area contributed by atoms with E-state index in [-0.39, 0.29) is 24.0 Å². The van der Waals surface area contributed by atoms with Crippen molar-refractivity contribution in [2.24, 2.45) is 4.99 Å². The minimum atomic E-state index is 0. The van der Waals surface area contributed by atoms with Crippen LogP contribution in [0.15, 0.2) is 29.3 Å². The Morgan fingerprint density at radius 1 is 1.24 bits per heavy atom. The van der Waals surface area contributed by atoms with Crippen LogP contribution in [-0.4, -0.2) is 39.3 Å². The number of rotatable bonds is 8. The van der Waals surface area contributed by atoms with Crippen LogP contribution in [0.3, 0.4) is 0 Å². The summed E-state index contributed by atoms with van der Waals surface area (Å²) in [5, 5.41) is 7.34. The molecule has 1 rings (SSSR count). The molecule has 0 aliphatic rings. The molecule has 0 saturated carbocycles. The average Bonchev–Trinajstić information content (AvgIpc) is 2.47. The number of hydrogen-bond donors (Lipinski definition) is 2. The minimum absolute atomic E-state index is 0. The lowest BCUT2D eigenvalue weighted by atomic mass is 10.1. The predicted octanol–water partition coefficient (Wildman–Crippen LogP) is 3.09. The third kappa shape index (κ3) is 9.16. The van der Waals surface area contributed by atoms with Gasteiger partial charge in [0, 0.05) is 38.4 Å². The highest BCUT2D eigenvalue weighted by atomic mass is 127. The molecule has 0 saturated heterocycles. The number of ether oxygens (including phenoxy) is 1. The van der Waals surface area contributed by atoms with Crippen LogP contribution in [-0.2, 0) is 11.2 Å². The van der Waals surface area contributed by atoms with Gasteiger partial charge in [-0.3, -0.25) is 4.99 Å². The van der Waals surface area contributed by atoms with E-state index < -0.39 is 0 Å². The molecule has 0 aliphatic carbocycles. The molecule has 0 spiro atoms. The Morgan fingerprint density at radius 3 is 2.62 bits per heavy atom. The highest BCUT2D eigenvalue weighted by molar-refractivity contribution is 14.0. The Balaban J connectivity index is 0.00000400. The van der Waals surface area contributed by atoms with Crippen molar-refractivity contribution in [1.82, 2.24) is 10.6 Å². The van der Waals surface area contributed by atoms with Crippen molar-refractivity contribution in [3.8, 4) is 0 Å². The van der Waals surface area contributed by atoms with Crippen LogP contribution >= 0.6 is 35.6 Å². The Bertz CT molecular complexity index is 416. The van der Waals surface area contributed by atoms with E-state index in [9.17, 15) is 0 Å². The van der Waals surface area contributed by atoms with Crippen molar-refractivity contribution in [3.63, 3.8) is 0 Å². The first kappa shape index (κ1) is 20.5. The lowest BCUT2D eigenvalue weighted by Crippen LogP contribution is -2.39. The molecule has 0 amide bonds. The first-order valence-electron chi connectivity index (χ1n) is 7.03. The zero-order valence-corrected chi connectivity index (χ0v) is 15.8. The molecule has 0 aromatic heterocycles. The van der Waals surface area contributed by atoms with E-state index in [1.807, 2.05) is 31.2 Å². The quantitative estimate of drug-likeness (QED) is 0.291. The Hall–Kier alpha value is -0.530. The van der Waals surface area contributed by atoms with Gasteiger partial charge in [0.2, 0.25) is 0 Å². The molecular formula is C15H25ClIN3O. The van der Waals surface area contributed by atoms with Gasteiger partial charge in [0.05, 0.1) is 0 Å². The second-order valence-corrected chi connectivity index (χ2v) is 4.72. The van der Waals surface area contributed by atoms with Gasteiger partial charge >= 0.3 is 0 Å². The first-order chi connectivity index (χ1) is 9.77. The zero-order chi connectivity index (χ0) is 14.6. The van der Waals surface area contributed by atoms with Gasteiger partial charge in [-0.2, -0.15) is 0 Å². The molecule has 2 N–H and O–H groups in total. The van der Waals surface area contributed by atoms with Gasteiger partial charge in [0.25, 0.3) is 0 Å². The highest BCUT2D eigenvalue weighted by Crippen LogP contribution is 2.14. The van der Waals surface area contributed by atoms with Crippen molar-refractivity contribution >= 4 is 41.5 Å². The number of nitrogens with zero attached hydrogens (tertiary/aromatic N) is 1. The summed E-state index contributed by atoms with van der Waals surface area (Å²) in [6.07, 6.45) is 1.85. The Labute approximate surface area is 149 Å². The summed E-state index contributed by atoms with van der Waals surface area (Å²) >= 11 is 6.12. The van der Waals surface area contributed by atoms with Crippen LogP contribution in [0.25, 0.3) is 0 Å². The number of hydrogen-bond acceptors (Lipinski definition) is 2. The van der Waals surface area contributed by atoms with Crippen LogP contribution in [0.5, 0.6) is 0 Å². The Morgan fingerprint density at radius 2 is 1.95 bits per heavy atom. The molecule has 6 heteroatoms. The number of aliphatic imine (C=N–C) groups is 1. The maximum atomic E-state index is 6.12. The van der Waals surface area contributed by atoms with Gasteiger partial charge in [-0.25, -0.2) is 0 Å². The minimum Gasteiger partial charge on any atom is -0.382 e. The third-order valence-corrected chi connectivity index (χ3v) is 3.20. The molecule has 120 valence electrons. The Kier molecular flexibility index (Phi) is 12.8. The largest absolute Gasteiger partial charge is 0.382 e. The molecule has 0 atom stereocenters. The van der Waals surface area contributed by atoms with E-state index in [0.29, 0.717) is 0 Å². The van der Waals surface area contributed by atoms with Crippen LogP contribution < -0.4 is 10.6 Å². The maximum Gasteiger partial charge on any atom is 0.190 e. The van der Waals surface area contributed by atoms with Crippen molar-refractivity contribution in [2.75, 3.05) is 33.4 Å². The van der Waals surface area contributed by atoms with E-state index in [1.54, 1.807) is 7.05 Å². The van der Waals surface area contributed by atoms with E-state index in [0.717, 1.165) is 55.7 Å². The predicted molar refractivity (Wildman–Crippen MR) is 101 cm³/mol. The van der Waals surface area contributed by atoms with Crippen LogP contribution in [0, 0.1) is 0 Å². The van der Waals surface area contributed by atoms with Crippen molar-refractivity contribution < 1.29 is 4.74 Å². The summed E-state index contributed by atoms with van der Waals surface area (Å²) in [5.41, 5.74) is 1.15. The van der Waals surface area contributed by atoms with Gasteiger partial charge in [0.15, 0.2) is 5.96 Å². The molecule has 1 aromatic carbocycles. The van der Waals surface area contributed by atoms with E-state index in [4.69, 9.17) is 16.3 Å². The molecule has 0 heterocycles. The highest BCUT2D eigenvalue weighted by Gasteiger charge is 2.00. The molecule has 4 nitrogen and oxygen atoms in total. The van der Waals surface area contributed by atoms with Gasteiger partial charge in [0.1, 0.15) is 0 Å². The topological polar surface area (TPSA) is 45.6 Å². The molecule has 0 fully saturated rings. The monoisotopic (exact) mass is 425 g/mol. The number of halogens is 2. The summed E-state index contributed by atoms with van der Waals surface area (Å²) in [5.74, 6) is 0.813. The first-order valence-corrected chi connectivity index (χ1v) is 7.41. The van der Waals surface area contributed by atoms with Gasteiger partial charge < -0.3 is 15.4 Å². The van der Waals surface area contributed by atoms with Crippen molar-refractivity contribution in [2.45, 2.75) is 19.8 Å². The summed E-state index contributed by atoms with van der Waals surface area (Å²) < 4.78 is 5.29. The second kappa shape index (κ2) is 13.2. The molecule has 21 heavy (non-hydrogen) atoms. The van der Waals surface area contributed by atoms with Gasteiger partial charge in [-0.1, -0.05) is 29.8 Å². The second-order valence-electron chi connectivity index (χ2n) is 4.32. The fourth-order valence-electron chi connectivity index (χ4n) is 1.76. The number of guanidine groups is 1. The fourth-order valence-corrected chi connectivity index (χ4v) is 1.99. The maximum absolute atomic E-state index is 6.12. The number of nitrogens with one attached hydrogen (secondary N) is 2. The molecule has 0 aliphatic heterocycles. The average molecular weight is 426 g/mol. The summed E-state index contributed by atoms with van der Waals surface area (Å²) in [6, 6.07) is 7.90. The van der Waals surface area contributed by atoms with Crippen LogP contribution in [0.1, 0.15) is 18.9 Å². The van der Waals surface area contributed by atoms with Crippen molar-refractivity contribution in [1.29, 1.82) is 0 Å². The molecule has 0 radical (unpaired) electrons. The molecule has 1 aromatic rings. The van der Waals surface area contributed by atoms with Gasteiger partial charge in [-0.15, -0.1) is 24.0 Å². The summed E-state index contributed by atoms with van der Waals surface area (Å²) in [4.78, 5) is 4.18. The standard InChI is InChI=1S/C15H24ClN3O.HI/c1-3-20-12-6-10-18-15(17-2)19-11-9-13-7-4-5-8-14(13)16;/h4-5,7-8H,3,6,9-12H2,1-2H3,(H2,17,18,19);1H. The lowest BCUT2D eigenvalue weighted by Gasteiger charge is -2.12. The molecule has 0 unspecified atom stereocenters. The van der Waals surface area contributed by atoms with Crippen molar-refractivity contribution in [3.05, 3.63) is 34.9 Å². The van der Waals surface area contributed by atoms with Crippen LogP contribution in [0.2, 0.25) is 5.02 Å². The van der Waals surface area contributed by atoms with E-state index >= 15 is 0 Å². The zero-order valence-electron chi connectivity index (χ0n) is 12.7. The normalized spacial score (nSPS) is 10.9. The lowest BCUT2D eigenvalue weighted by molar-refractivity contribution is 0.145. The molecular weight excluding hydrogens is 401 g/mol. The number of benzene rings is 1. The molecule has 0 bridgehead atoms. The van der Waals surface area contributed by atoms with Gasteiger partial charge in [-0.05, 0) is 31.4 Å². The summed E-state index contributed by atoms with van der Waals surface area (Å²) in [6.45, 7) is 5.20. The third-order valence-electron chi connectivity index (χ3n) is 2.83.